The number of rotatable bonds is 6. The second kappa shape index (κ2) is 7.61. The van der Waals surface area contributed by atoms with Crippen molar-refractivity contribution in [1.82, 2.24) is 9.80 Å². The molecule has 112 valence electrons. The summed E-state index contributed by atoms with van der Waals surface area (Å²) in [6, 6.07) is 1.23. The Hall–Kier alpha value is -0.120. The Balaban J connectivity index is 1.65. The summed E-state index contributed by atoms with van der Waals surface area (Å²) in [6.07, 6.45) is 8.11. The van der Waals surface area contributed by atoms with Gasteiger partial charge in [0.05, 0.1) is 0 Å². The molecule has 0 aromatic carbocycles. The highest BCUT2D eigenvalue weighted by molar-refractivity contribution is 4.85. The van der Waals surface area contributed by atoms with Crippen molar-refractivity contribution in [3.05, 3.63) is 0 Å². The molecule has 0 amide bonds. The molecule has 2 heterocycles. The number of hydrogen-bond donors (Lipinski definition) is 1. The molecule has 2 aliphatic rings. The van der Waals surface area contributed by atoms with Crippen LogP contribution < -0.4 is 5.73 Å². The van der Waals surface area contributed by atoms with E-state index in [2.05, 4.69) is 23.6 Å². The molecule has 2 aliphatic heterocycles. The molecule has 0 aliphatic carbocycles. The van der Waals surface area contributed by atoms with E-state index in [0.717, 1.165) is 12.0 Å². The van der Waals surface area contributed by atoms with Crippen LogP contribution in [0.15, 0.2) is 0 Å². The lowest BCUT2D eigenvalue weighted by Crippen LogP contribution is -2.55. The van der Waals surface area contributed by atoms with E-state index in [1.165, 1.54) is 71.2 Å². The largest absolute Gasteiger partial charge is 0.328 e. The van der Waals surface area contributed by atoms with Gasteiger partial charge in [0.15, 0.2) is 0 Å². The van der Waals surface area contributed by atoms with Gasteiger partial charge in [-0.05, 0) is 45.1 Å². The van der Waals surface area contributed by atoms with Crippen LogP contribution in [0.25, 0.3) is 0 Å². The molecule has 0 radical (unpaired) electrons. The zero-order chi connectivity index (χ0) is 13.7. The summed E-state index contributed by atoms with van der Waals surface area (Å²) in [7, 11) is 0. The summed E-state index contributed by atoms with van der Waals surface area (Å²) < 4.78 is 0. The Morgan fingerprint density at radius 1 is 1.11 bits per heavy atom. The van der Waals surface area contributed by atoms with E-state index in [1.807, 2.05) is 0 Å². The lowest BCUT2D eigenvalue weighted by Gasteiger charge is -2.44. The molecule has 0 bridgehead atoms. The quantitative estimate of drug-likeness (QED) is 0.801. The lowest BCUT2D eigenvalue weighted by atomic mass is 9.97. The number of nitrogens with two attached hydrogens (primary N) is 1. The van der Waals surface area contributed by atoms with E-state index in [-0.39, 0.29) is 0 Å². The summed E-state index contributed by atoms with van der Waals surface area (Å²) in [6.45, 7) is 11.1. The fourth-order valence-corrected chi connectivity index (χ4v) is 3.71. The number of fused-ring (bicyclic) bond motifs is 1. The third-order valence-electron chi connectivity index (χ3n) is 4.85. The highest BCUT2D eigenvalue weighted by Gasteiger charge is 2.29. The Bertz CT molecular complexity index is 254. The monoisotopic (exact) mass is 267 g/mol. The first-order valence-electron chi connectivity index (χ1n) is 8.37. The van der Waals surface area contributed by atoms with E-state index in [1.54, 1.807) is 0 Å². The summed E-state index contributed by atoms with van der Waals surface area (Å²) in [5.41, 5.74) is 5.82. The SMILES string of the molecule is CC(N)CCCC(C)CN1CCN2CCCCC2C1. The molecule has 3 unspecified atom stereocenters. The normalized spacial score (nSPS) is 28.9. The van der Waals surface area contributed by atoms with E-state index in [4.69, 9.17) is 5.73 Å². The molecule has 0 aromatic heterocycles. The van der Waals surface area contributed by atoms with Gasteiger partial charge in [0.2, 0.25) is 0 Å². The van der Waals surface area contributed by atoms with Crippen LogP contribution in [0.3, 0.4) is 0 Å². The second-order valence-electron chi connectivity index (χ2n) is 6.96. The summed E-state index contributed by atoms with van der Waals surface area (Å²) >= 11 is 0. The Morgan fingerprint density at radius 3 is 2.74 bits per heavy atom. The van der Waals surface area contributed by atoms with Gasteiger partial charge in [-0.25, -0.2) is 0 Å². The minimum atomic E-state index is 0.373. The van der Waals surface area contributed by atoms with Gasteiger partial charge in [0.25, 0.3) is 0 Å². The summed E-state index contributed by atoms with van der Waals surface area (Å²) in [4.78, 5) is 5.43. The molecule has 0 saturated carbocycles. The molecule has 3 heteroatoms. The van der Waals surface area contributed by atoms with E-state index in [0.29, 0.717) is 6.04 Å². The predicted molar refractivity (Wildman–Crippen MR) is 82.3 cm³/mol. The maximum absolute atomic E-state index is 5.82. The number of piperazine rings is 1. The zero-order valence-corrected chi connectivity index (χ0v) is 13.0. The smallest absolute Gasteiger partial charge is 0.0223 e. The van der Waals surface area contributed by atoms with Gasteiger partial charge in [-0.1, -0.05) is 19.8 Å². The van der Waals surface area contributed by atoms with E-state index >= 15 is 0 Å². The molecule has 2 N–H and O–H groups in total. The van der Waals surface area contributed by atoms with Crippen molar-refractivity contribution in [3.8, 4) is 0 Å². The van der Waals surface area contributed by atoms with Crippen molar-refractivity contribution >= 4 is 0 Å². The van der Waals surface area contributed by atoms with Gasteiger partial charge in [0, 0.05) is 38.3 Å². The van der Waals surface area contributed by atoms with E-state index in [9.17, 15) is 0 Å². The van der Waals surface area contributed by atoms with Crippen molar-refractivity contribution in [2.24, 2.45) is 11.7 Å². The summed E-state index contributed by atoms with van der Waals surface area (Å²) in [5.74, 6) is 0.828. The molecule has 3 atom stereocenters. The third kappa shape index (κ3) is 5.05. The molecule has 2 fully saturated rings. The number of piperidine rings is 1. The Labute approximate surface area is 119 Å². The third-order valence-corrected chi connectivity index (χ3v) is 4.85. The average Bonchev–Trinajstić information content (AvgIpc) is 2.38. The molecule has 2 rings (SSSR count). The van der Waals surface area contributed by atoms with Gasteiger partial charge in [-0.2, -0.15) is 0 Å². The highest BCUT2D eigenvalue weighted by atomic mass is 15.3. The fraction of sp³-hybridized carbons (Fsp3) is 1.00. The van der Waals surface area contributed by atoms with Crippen LogP contribution in [0.4, 0.5) is 0 Å². The van der Waals surface area contributed by atoms with Crippen molar-refractivity contribution < 1.29 is 0 Å². The van der Waals surface area contributed by atoms with Crippen LogP contribution >= 0.6 is 0 Å². The van der Waals surface area contributed by atoms with Crippen LogP contribution in [0.1, 0.15) is 52.4 Å². The van der Waals surface area contributed by atoms with E-state index < -0.39 is 0 Å². The first kappa shape index (κ1) is 15.3. The first-order chi connectivity index (χ1) is 9.15. The minimum absolute atomic E-state index is 0.373. The van der Waals surface area contributed by atoms with Gasteiger partial charge in [0.1, 0.15) is 0 Å². The number of nitrogens with zero attached hydrogens (tertiary/aromatic N) is 2. The van der Waals surface area contributed by atoms with Gasteiger partial charge in [-0.15, -0.1) is 0 Å². The van der Waals surface area contributed by atoms with Crippen LogP contribution in [-0.2, 0) is 0 Å². The van der Waals surface area contributed by atoms with Crippen molar-refractivity contribution in [1.29, 1.82) is 0 Å². The molecular weight excluding hydrogens is 234 g/mol. The van der Waals surface area contributed by atoms with Crippen LogP contribution in [0.2, 0.25) is 0 Å². The molecule has 3 nitrogen and oxygen atoms in total. The Kier molecular flexibility index (Phi) is 6.11. The van der Waals surface area contributed by atoms with Gasteiger partial charge >= 0.3 is 0 Å². The maximum atomic E-state index is 5.82. The standard InChI is InChI=1S/C16H33N3/c1-14(6-5-7-15(2)17)12-18-10-11-19-9-4-3-8-16(19)13-18/h14-16H,3-13,17H2,1-2H3. The van der Waals surface area contributed by atoms with Crippen molar-refractivity contribution in [3.63, 3.8) is 0 Å². The number of hydrogen-bond acceptors (Lipinski definition) is 3. The van der Waals surface area contributed by atoms with Gasteiger partial charge in [-0.3, -0.25) is 4.90 Å². The minimum Gasteiger partial charge on any atom is -0.328 e. The molecule has 0 aromatic rings. The fourth-order valence-electron chi connectivity index (χ4n) is 3.71. The maximum Gasteiger partial charge on any atom is 0.0223 e. The highest BCUT2D eigenvalue weighted by Crippen LogP contribution is 2.22. The molecular formula is C16H33N3. The summed E-state index contributed by atoms with van der Waals surface area (Å²) in [5, 5.41) is 0. The van der Waals surface area contributed by atoms with Crippen LogP contribution in [0.5, 0.6) is 0 Å². The lowest BCUT2D eigenvalue weighted by molar-refractivity contribution is 0.0422. The van der Waals surface area contributed by atoms with Gasteiger partial charge < -0.3 is 10.6 Å². The molecule has 19 heavy (non-hydrogen) atoms. The van der Waals surface area contributed by atoms with Crippen molar-refractivity contribution in [2.75, 3.05) is 32.7 Å². The average molecular weight is 267 g/mol. The second-order valence-corrected chi connectivity index (χ2v) is 6.96. The molecule has 0 spiro atoms. The first-order valence-corrected chi connectivity index (χ1v) is 8.37. The van der Waals surface area contributed by atoms with Crippen LogP contribution in [0, 0.1) is 5.92 Å². The predicted octanol–water partition coefficient (Wildman–Crippen LogP) is 2.31. The zero-order valence-electron chi connectivity index (χ0n) is 13.0. The Morgan fingerprint density at radius 2 is 1.95 bits per heavy atom. The molecule has 2 saturated heterocycles. The topological polar surface area (TPSA) is 32.5 Å². The van der Waals surface area contributed by atoms with Crippen LogP contribution in [-0.4, -0.2) is 54.6 Å². The van der Waals surface area contributed by atoms with Crippen molar-refractivity contribution in [2.45, 2.75) is 64.5 Å².